The van der Waals surface area contributed by atoms with Crippen molar-refractivity contribution in [1.29, 1.82) is 0 Å². The molecule has 0 heterocycles. The predicted molar refractivity (Wildman–Crippen MR) is 69.9 cm³/mol. The SMILES string of the molecule is O=[C-]OCCO.[CH2-]OOCCO.[CH2-]S(=O)CS[C-]=O.[Y].[Y]. The summed E-state index contributed by atoms with van der Waals surface area (Å²) in [4.78, 5) is 26.5. The summed E-state index contributed by atoms with van der Waals surface area (Å²) in [6.45, 7) is 1.23. The molecule has 2 radical (unpaired) electrons. The normalized spacial score (nSPS) is 9.14. The largest absolute Gasteiger partial charge is 0.651 e. The molecule has 0 spiro atoms. The van der Waals surface area contributed by atoms with E-state index in [0.29, 0.717) is 0 Å². The molecule has 21 heavy (non-hydrogen) atoms. The van der Waals surface area contributed by atoms with Crippen molar-refractivity contribution in [2.45, 2.75) is 0 Å². The first kappa shape index (κ1) is 34.1. The van der Waals surface area contributed by atoms with Gasteiger partial charge in [-0.25, -0.2) is 5.62 Å². The first-order chi connectivity index (χ1) is 9.10. The van der Waals surface area contributed by atoms with Crippen LogP contribution in [-0.2, 0) is 100 Å². The maximum absolute atomic E-state index is 10.0. The van der Waals surface area contributed by atoms with Gasteiger partial charge in [0.2, 0.25) is 0 Å². The van der Waals surface area contributed by atoms with Crippen molar-refractivity contribution in [3.63, 3.8) is 0 Å². The minimum atomic E-state index is -1.11. The Labute approximate surface area is 181 Å². The Morgan fingerprint density at radius 3 is 1.81 bits per heavy atom. The summed E-state index contributed by atoms with van der Waals surface area (Å²) in [6, 6.07) is 0. The van der Waals surface area contributed by atoms with Crippen molar-refractivity contribution in [1.82, 2.24) is 0 Å². The van der Waals surface area contributed by atoms with Crippen LogP contribution >= 0.6 is 11.8 Å². The zero-order valence-electron chi connectivity index (χ0n) is 11.3. The van der Waals surface area contributed by atoms with Gasteiger partial charge in [-0.05, 0) is 0 Å². The van der Waals surface area contributed by atoms with E-state index in [9.17, 15) is 9.00 Å². The van der Waals surface area contributed by atoms with Crippen molar-refractivity contribution in [3.05, 3.63) is 13.4 Å². The van der Waals surface area contributed by atoms with E-state index in [1.54, 1.807) is 0 Å². The van der Waals surface area contributed by atoms with Crippen LogP contribution in [0.3, 0.4) is 0 Å². The number of aliphatic hydroxyl groups excluding tert-OH is 2. The van der Waals surface area contributed by atoms with Gasteiger partial charge in [-0.2, -0.15) is 7.11 Å². The van der Waals surface area contributed by atoms with Crippen LogP contribution in [0.25, 0.3) is 0 Å². The van der Waals surface area contributed by atoms with Crippen LogP contribution < -0.4 is 0 Å². The summed E-state index contributed by atoms with van der Waals surface area (Å²) in [5, 5.41) is 16.1. The third-order valence-corrected chi connectivity index (χ3v) is 2.40. The Bertz CT molecular complexity index is 208. The van der Waals surface area contributed by atoms with E-state index in [0.717, 1.165) is 18.2 Å². The van der Waals surface area contributed by atoms with Gasteiger partial charge in [-0.3, -0.25) is 15.4 Å². The first-order valence-corrected chi connectivity index (χ1v) is 6.99. The summed E-state index contributed by atoms with van der Waals surface area (Å²) in [5.74, 6) is 0. The second-order valence-electron chi connectivity index (χ2n) is 2.10. The molecule has 0 rings (SSSR count). The molecule has 0 saturated heterocycles. The molecule has 0 aromatic heterocycles. The quantitative estimate of drug-likeness (QED) is 0.181. The number of thioether (sulfide) groups is 1. The molecule has 0 amide bonds. The monoisotopic (exact) mass is 494 g/mol. The van der Waals surface area contributed by atoms with E-state index >= 15 is 0 Å². The van der Waals surface area contributed by atoms with Gasteiger partial charge in [0.1, 0.15) is 6.61 Å². The molecule has 1 atom stereocenters. The Morgan fingerprint density at radius 2 is 1.67 bits per heavy atom. The topological polar surface area (TPSA) is 119 Å². The maximum atomic E-state index is 10.0. The second-order valence-corrected chi connectivity index (χ2v) is 4.38. The average molecular weight is 494 g/mol. The van der Waals surface area contributed by atoms with Crippen LogP contribution in [0, 0.1) is 13.4 Å². The summed E-state index contributed by atoms with van der Waals surface area (Å²) in [6.07, 6.45) is 3.15. The summed E-state index contributed by atoms with van der Waals surface area (Å²) in [7, 11) is 1.77. The van der Waals surface area contributed by atoms with Gasteiger partial charge >= 0.3 is 0 Å². The van der Waals surface area contributed by atoms with Crippen LogP contribution in [-0.4, -0.2) is 58.0 Å². The molecular weight excluding hydrogens is 478 g/mol. The average Bonchev–Trinajstić information content (AvgIpc) is 2.41. The molecule has 122 valence electrons. The second kappa shape index (κ2) is 37.7. The summed E-state index contributed by atoms with van der Waals surface area (Å²) < 4.78 is 13.9. The molecule has 0 aliphatic carbocycles. The molecule has 12 heteroatoms. The Hall–Kier alpha value is 1.69. The fraction of sp³-hybridized carbons (Fsp3) is 0.556. The zero-order chi connectivity index (χ0) is 15.4. The number of hydrogen-bond acceptors (Lipinski definition) is 9. The van der Waals surface area contributed by atoms with Crippen LogP contribution in [0.5, 0.6) is 0 Å². The minimum Gasteiger partial charge on any atom is -0.651 e. The fourth-order valence-electron chi connectivity index (χ4n) is 0.273. The van der Waals surface area contributed by atoms with Gasteiger partial charge in [0.15, 0.2) is 0 Å². The van der Waals surface area contributed by atoms with E-state index in [-0.39, 0.29) is 96.9 Å². The van der Waals surface area contributed by atoms with Crippen LogP contribution in [0.4, 0.5) is 0 Å². The Balaban J connectivity index is -0.0000000584. The van der Waals surface area contributed by atoms with Crippen LogP contribution in [0.15, 0.2) is 0 Å². The van der Waals surface area contributed by atoms with E-state index in [4.69, 9.17) is 15.0 Å². The Kier molecular flexibility index (Phi) is 61.3. The van der Waals surface area contributed by atoms with E-state index in [1.807, 2.05) is 0 Å². The minimum absolute atomic E-state index is 0. The van der Waals surface area contributed by atoms with Gasteiger partial charge < -0.3 is 41.2 Å². The van der Waals surface area contributed by atoms with Gasteiger partial charge in [0, 0.05) is 70.5 Å². The Morgan fingerprint density at radius 1 is 1.14 bits per heavy atom. The van der Waals surface area contributed by atoms with Crippen molar-refractivity contribution >= 4 is 34.7 Å². The van der Waals surface area contributed by atoms with Gasteiger partial charge in [0.25, 0.3) is 0 Å². The van der Waals surface area contributed by atoms with Gasteiger partial charge in [-0.1, -0.05) is 6.47 Å². The number of hydrogen-bond donors (Lipinski definition) is 2. The number of aliphatic hydroxyl groups is 2. The van der Waals surface area contributed by atoms with Crippen molar-refractivity contribution < 1.29 is 104 Å². The number of ether oxygens (including phenoxy) is 1. The molecule has 8 nitrogen and oxygen atoms in total. The van der Waals surface area contributed by atoms with Crippen molar-refractivity contribution in [2.75, 3.05) is 31.5 Å². The van der Waals surface area contributed by atoms with Crippen LogP contribution in [0.1, 0.15) is 0 Å². The number of rotatable bonds is 9. The fourth-order valence-corrected chi connectivity index (χ4v) is 0.992. The molecule has 2 N–H and O–H groups in total. The molecule has 0 saturated carbocycles. The van der Waals surface area contributed by atoms with Gasteiger partial charge in [0.05, 0.1) is 19.8 Å². The molecule has 0 aliphatic rings. The molecule has 0 bridgehead atoms. The molecule has 1 unspecified atom stereocenters. The third kappa shape index (κ3) is 61.5. The van der Waals surface area contributed by atoms with E-state index in [1.165, 1.54) is 5.62 Å². The van der Waals surface area contributed by atoms with E-state index in [2.05, 4.69) is 27.9 Å². The summed E-state index contributed by atoms with van der Waals surface area (Å²) in [5.41, 5.74) is 1.53. The van der Waals surface area contributed by atoms with Gasteiger partial charge in [-0.15, -0.1) is 10.8 Å². The van der Waals surface area contributed by atoms with E-state index < -0.39 is 10.8 Å². The standard InChI is InChI=1S/C3H7O3.C3H5O3.C3H4O2S2.2Y/c1-5-6-3-2-4;4-1-2-6-3-5;1-7(5)3-6-2-4;;/h4H,1-3H2;4H,1-2H2;1,3H2;;/q2*-1;-2;;. The summed E-state index contributed by atoms with van der Waals surface area (Å²) >= 11 is 0.848. The molecule has 0 fully saturated rings. The zero-order valence-corrected chi connectivity index (χ0v) is 18.6. The first-order valence-electron chi connectivity index (χ1n) is 4.51. The molecule has 0 aliphatic heterocycles. The number of carbonyl (C=O) groups excluding carboxylic acids is 2. The third-order valence-electron chi connectivity index (χ3n) is 0.760. The predicted octanol–water partition coefficient (Wildman–Crippen LogP) is -0.939. The van der Waals surface area contributed by atoms with Crippen LogP contribution in [0.2, 0.25) is 0 Å². The van der Waals surface area contributed by atoms with Crippen molar-refractivity contribution in [2.24, 2.45) is 0 Å². The maximum Gasteiger partial charge on any atom is 0.102 e. The molecular formula is C9H16O8S2Y2-4. The molecule has 0 aromatic rings. The van der Waals surface area contributed by atoms with Crippen molar-refractivity contribution in [3.8, 4) is 0 Å². The molecule has 0 aromatic carbocycles. The smallest absolute Gasteiger partial charge is 0.102 e.